The summed E-state index contributed by atoms with van der Waals surface area (Å²) in [5, 5.41) is 10.8. The predicted molar refractivity (Wildman–Crippen MR) is 172 cm³/mol. The van der Waals surface area contributed by atoms with Crippen molar-refractivity contribution in [2.24, 2.45) is 0 Å². The molecule has 44 heavy (non-hydrogen) atoms. The molecule has 0 spiro atoms. The smallest absolute Gasteiger partial charge is 0.161 e. The molecule has 232 valence electrons. The Hall–Kier alpha value is -4.37. The molecule has 1 aliphatic carbocycles. The number of phenolic OH excluding ortho intramolecular Hbond substituents is 1. The molecular formula is C35H38O8S. The van der Waals surface area contributed by atoms with Crippen LogP contribution >= 0.6 is 11.8 Å². The fourth-order valence-corrected chi connectivity index (χ4v) is 7.52. The summed E-state index contributed by atoms with van der Waals surface area (Å²) >= 11 is 1.79. The van der Waals surface area contributed by atoms with Crippen LogP contribution in [0.1, 0.15) is 44.9 Å². The van der Waals surface area contributed by atoms with Gasteiger partial charge in [0.25, 0.3) is 0 Å². The summed E-state index contributed by atoms with van der Waals surface area (Å²) in [6.45, 7) is 0. The van der Waals surface area contributed by atoms with E-state index in [0.29, 0.717) is 46.0 Å². The van der Waals surface area contributed by atoms with Crippen molar-refractivity contribution >= 4 is 11.8 Å². The number of hydrogen-bond donors (Lipinski definition) is 1. The highest BCUT2D eigenvalue weighted by Crippen LogP contribution is 2.63. The van der Waals surface area contributed by atoms with Crippen molar-refractivity contribution in [1.29, 1.82) is 0 Å². The Morgan fingerprint density at radius 3 is 1.75 bits per heavy atom. The van der Waals surface area contributed by atoms with Crippen LogP contribution in [0, 0.1) is 0 Å². The van der Waals surface area contributed by atoms with Crippen LogP contribution in [0.5, 0.6) is 46.0 Å². The van der Waals surface area contributed by atoms with Gasteiger partial charge in [-0.25, -0.2) is 0 Å². The van der Waals surface area contributed by atoms with E-state index in [1.54, 1.807) is 67.6 Å². The molecule has 1 aliphatic rings. The predicted octanol–water partition coefficient (Wildman–Crippen LogP) is 7.36. The summed E-state index contributed by atoms with van der Waals surface area (Å²) in [6.07, 6.45) is 0. The van der Waals surface area contributed by atoms with Crippen molar-refractivity contribution in [3.63, 3.8) is 0 Å². The first-order valence-electron chi connectivity index (χ1n) is 14.1. The van der Waals surface area contributed by atoms with Crippen molar-refractivity contribution in [1.82, 2.24) is 0 Å². The first-order valence-corrected chi connectivity index (χ1v) is 15.1. The highest BCUT2D eigenvalue weighted by atomic mass is 32.2. The minimum atomic E-state index is -0.167. The molecule has 0 saturated carbocycles. The molecule has 5 rings (SSSR count). The van der Waals surface area contributed by atoms with Crippen molar-refractivity contribution in [3.05, 3.63) is 94.5 Å². The van der Waals surface area contributed by atoms with Crippen molar-refractivity contribution in [2.45, 2.75) is 22.8 Å². The van der Waals surface area contributed by atoms with Gasteiger partial charge in [0.1, 0.15) is 23.0 Å². The van der Waals surface area contributed by atoms with Gasteiger partial charge in [-0.1, -0.05) is 12.1 Å². The lowest BCUT2D eigenvalue weighted by Crippen LogP contribution is -2.12. The Morgan fingerprint density at radius 1 is 0.568 bits per heavy atom. The van der Waals surface area contributed by atoms with E-state index >= 15 is 0 Å². The topological polar surface area (TPSA) is 84.8 Å². The Labute approximate surface area is 262 Å². The van der Waals surface area contributed by atoms with E-state index in [9.17, 15) is 5.11 Å². The third kappa shape index (κ3) is 5.88. The van der Waals surface area contributed by atoms with Crippen LogP contribution < -0.4 is 33.2 Å². The number of aromatic hydroxyl groups is 1. The third-order valence-electron chi connectivity index (χ3n) is 8.08. The van der Waals surface area contributed by atoms with E-state index in [0.717, 1.165) is 27.8 Å². The minimum Gasteiger partial charge on any atom is -0.508 e. The molecule has 1 N–H and O–H groups in total. The standard InChI is InChI=1S/C35H38O8S/c1-37-24-13-22(14-25(18-24)38-2)33-32(21-9-11-28(40-4)30(15-21)42-6)34-26(16-23(36)17-31(34)43-7)35(33)44-19-20-8-10-27(39-3)29(12-20)41-5/h8-18,32-33,35-36H,19H2,1-7H3/t32-,33-,35?/m0/s1. The molecule has 8 nitrogen and oxygen atoms in total. The molecule has 4 aromatic rings. The largest absolute Gasteiger partial charge is 0.508 e. The first-order chi connectivity index (χ1) is 21.4. The van der Waals surface area contributed by atoms with Crippen molar-refractivity contribution in [2.75, 3.05) is 49.8 Å². The maximum Gasteiger partial charge on any atom is 0.161 e. The molecule has 0 amide bonds. The number of benzene rings is 4. The minimum absolute atomic E-state index is 0.0889. The number of thioether (sulfide) groups is 1. The van der Waals surface area contributed by atoms with Gasteiger partial charge >= 0.3 is 0 Å². The molecular weight excluding hydrogens is 580 g/mol. The number of phenols is 1. The normalized spacial score (nSPS) is 17.0. The average Bonchev–Trinajstić information content (AvgIpc) is 3.39. The Balaban J connectivity index is 1.71. The summed E-state index contributed by atoms with van der Waals surface area (Å²) in [7, 11) is 11.5. The summed E-state index contributed by atoms with van der Waals surface area (Å²) in [5.74, 6) is 5.19. The molecule has 0 aliphatic heterocycles. The van der Waals surface area contributed by atoms with Crippen LogP contribution in [0.2, 0.25) is 0 Å². The first kappa shape index (κ1) is 31.1. The Kier molecular flexibility index (Phi) is 9.54. The quantitative estimate of drug-likeness (QED) is 0.175. The molecule has 0 heterocycles. The second-order valence-corrected chi connectivity index (χ2v) is 11.5. The van der Waals surface area contributed by atoms with Gasteiger partial charge in [0, 0.05) is 40.5 Å². The molecule has 4 aromatic carbocycles. The molecule has 9 heteroatoms. The Morgan fingerprint density at radius 2 is 1.16 bits per heavy atom. The fourth-order valence-electron chi connectivity index (χ4n) is 6.08. The van der Waals surface area contributed by atoms with E-state index in [-0.39, 0.29) is 22.8 Å². The monoisotopic (exact) mass is 618 g/mol. The Bertz CT molecular complexity index is 1600. The van der Waals surface area contributed by atoms with Gasteiger partial charge in [-0.2, -0.15) is 0 Å². The van der Waals surface area contributed by atoms with Gasteiger partial charge in [0.2, 0.25) is 0 Å². The molecule has 0 aromatic heterocycles. The van der Waals surface area contributed by atoms with Crippen molar-refractivity contribution in [3.8, 4) is 46.0 Å². The van der Waals surface area contributed by atoms with Crippen LogP contribution in [-0.4, -0.2) is 54.9 Å². The lowest BCUT2D eigenvalue weighted by molar-refractivity contribution is 0.354. The number of ether oxygens (including phenoxy) is 7. The lowest BCUT2D eigenvalue weighted by atomic mass is 9.81. The molecule has 0 saturated heterocycles. The van der Waals surface area contributed by atoms with Crippen LogP contribution in [0.15, 0.2) is 66.7 Å². The van der Waals surface area contributed by atoms with Crippen LogP contribution in [-0.2, 0) is 5.75 Å². The highest BCUT2D eigenvalue weighted by Gasteiger charge is 2.45. The average molecular weight is 619 g/mol. The summed E-state index contributed by atoms with van der Waals surface area (Å²) < 4.78 is 39.6. The fraction of sp³-hybridized carbons (Fsp3) is 0.314. The second kappa shape index (κ2) is 13.5. The van der Waals surface area contributed by atoms with Gasteiger partial charge in [-0.3, -0.25) is 0 Å². The zero-order valence-electron chi connectivity index (χ0n) is 26.0. The van der Waals surface area contributed by atoms with Gasteiger partial charge in [-0.05, 0) is 64.7 Å². The second-order valence-electron chi connectivity index (χ2n) is 10.3. The number of hydrogen-bond acceptors (Lipinski definition) is 9. The van der Waals surface area contributed by atoms with Gasteiger partial charge in [-0.15, -0.1) is 11.8 Å². The molecule has 0 radical (unpaired) electrons. The molecule has 3 atom stereocenters. The summed E-state index contributed by atoms with van der Waals surface area (Å²) in [6, 6.07) is 21.5. The third-order valence-corrected chi connectivity index (χ3v) is 9.49. The maximum absolute atomic E-state index is 10.9. The molecule has 0 fully saturated rings. The van der Waals surface area contributed by atoms with E-state index in [2.05, 4.69) is 18.2 Å². The molecule has 0 bridgehead atoms. The van der Waals surface area contributed by atoms with E-state index in [1.165, 1.54) is 0 Å². The van der Waals surface area contributed by atoms with E-state index < -0.39 is 0 Å². The maximum atomic E-state index is 10.9. The summed E-state index contributed by atoms with van der Waals surface area (Å²) in [5.41, 5.74) is 5.14. The van der Waals surface area contributed by atoms with Gasteiger partial charge < -0.3 is 38.3 Å². The number of rotatable bonds is 12. The summed E-state index contributed by atoms with van der Waals surface area (Å²) in [4.78, 5) is 0. The molecule has 1 unspecified atom stereocenters. The van der Waals surface area contributed by atoms with Crippen LogP contribution in [0.4, 0.5) is 0 Å². The number of methoxy groups -OCH3 is 7. The van der Waals surface area contributed by atoms with Crippen LogP contribution in [0.3, 0.4) is 0 Å². The zero-order chi connectivity index (χ0) is 31.4. The van der Waals surface area contributed by atoms with E-state index in [1.807, 2.05) is 42.5 Å². The highest BCUT2D eigenvalue weighted by molar-refractivity contribution is 7.98. The lowest BCUT2D eigenvalue weighted by Gasteiger charge is -2.28. The number of fused-ring (bicyclic) bond motifs is 1. The van der Waals surface area contributed by atoms with Crippen LogP contribution in [0.25, 0.3) is 0 Å². The van der Waals surface area contributed by atoms with Crippen molar-refractivity contribution < 1.29 is 38.3 Å². The van der Waals surface area contributed by atoms with Gasteiger partial charge in [0.05, 0.1) is 49.8 Å². The SMILES string of the molecule is COc1cc(OC)cc([C@@H]2C(SCc3ccc(OC)c(OC)c3)c3cc(O)cc(OC)c3[C@H]2c2ccc(OC)c(OC)c2)c1. The van der Waals surface area contributed by atoms with E-state index in [4.69, 9.17) is 33.2 Å². The zero-order valence-corrected chi connectivity index (χ0v) is 26.8. The van der Waals surface area contributed by atoms with Gasteiger partial charge in [0.15, 0.2) is 23.0 Å².